The Hall–Kier alpha value is -1.68. The third-order valence-electron chi connectivity index (χ3n) is 6.97. The van der Waals surface area contributed by atoms with E-state index >= 15 is 0 Å². The van der Waals surface area contributed by atoms with Crippen LogP contribution in [0.15, 0.2) is 17.0 Å². The molecule has 0 radical (unpaired) electrons. The number of carbonyl (C=O) groups excluding carboxylic acids is 1. The fourth-order valence-electron chi connectivity index (χ4n) is 4.94. The highest BCUT2D eigenvalue weighted by Gasteiger charge is 2.29. The molecule has 1 aromatic rings. The second-order valence-electron chi connectivity index (χ2n) is 9.30. The fourth-order valence-corrected chi connectivity index (χ4v) is 6.77. The van der Waals surface area contributed by atoms with Gasteiger partial charge < -0.3 is 19.7 Å². The van der Waals surface area contributed by atoms with Crippen molar-refractivity contribution in [1.82, 2.24) is 9.80 Å². The molecule has 8 nitrogen and oxygen atoms in total. The van der Waals surface area contributed by atoms with E-state index in [1.54, 1.807) is 40.0 Å². The number of piperazine rings is 1. The maximum Gasteiger partial charge on any atom is 0.248 e. The number of benzene rings is 1. The molecule has 2 fully saturated rings. The SMILES string of the molecule is COc1cc(C)c(S(=O)(=O)C(C)CCOCC(=O)N2CCN(C3CC[NH2+]CC3)CC2)c(C)c1. The third-order valence-corrected chi connectivity index (χ3v) is 9.48. The number of hydrogen-bond acceptors (Lipinski definition) is 6. The molecule has 0 aliphatic carbocycles. The first kappa shape index (κ1) is 25.9. The molecule has 1 atom stereocenters. The number of nitrogens with two attached hydrogens (primary N) is 1. The van der Waals surface area contributed by atoms with Crippen LogP contribution in [-0.2, 0) is 19.4 Å². The number of methoxy groups -OCH3 is 1. The van der Waals surface area contributed by atoms with Crippen molar-refractivity contribution in [2.75, 3.05) is 59.6 Å². The zero-order chi connectivity index (χ0) is 24.0. The van der Waals surface area contributed by atoms with Gasteiger partial charge in [-0.15, -0.1) is 0 Å². The van der Waals surface area contributed by atoms with E-state index in [1.807, 2.05) is 4.90 Å². The Bertz CT molecular complexity index is 884. The maximum atomic E-state index is 13.1. The van der Waals surface area contributed by atoms with Gasteiger partial charge in [-0.3, -0.25) is 9.69 Å². The van der Waals surface area contributed by atoms with Gasteiger partial charge in [0.05, 0.1) is 30.3 Å². The van der Waals surface area contributed by atoms with E-state index in [9.17, 15) is 13.2 Å². The second-order valence-corrected chi connectivity index (χ2v) is 11.6. The number of aryl methyl sites for hydroxylation is 2. The summed E-state index contributed by atoms with van der Waals surface area (Å²) in [6.45, 7) is 11.2. The van der Waals surface area contributed by atoms with Gasteiger partial charge in [-0.25, -0.2) is 8.42 Å². The lowest BCUT2D eigenvalue weighted by Crippen LogP contribution is -2.87. The summed E-state index contributed by atoms with van der Waals surface area (Å²) in [6, 6.07) is 4.15. The fraction of sp³-hybridized carbons (Fsp3) is 0.708. The topological polar surface area (TPSA) is 92.8 Å². The van der Waals surface area contributed by atoms with Gasteiger partial charge in [0.25, 0.3) is 0 Å². The molecule has 0 saturated carbocycles. The van der Waals surface area contributed by atoms with Gasteiger partial charge in [-0.05, 0) is 50.5 Å². The molecule has 1 aromatic carbocycles. The van der Waals surface area contributed by atoms with Crippen molar-refractivity contribution in [3.05, 3.63) is 23.3 Å². The largest absolute Gasteiger partial charge is 0.497 e. The number of nitrogens with zero attached hydrogens (tertiary/aromatic N) is 2. The van der Waals surface area contributed by atoms with E-state index in [1.165, 1.54) is 25.9 Å². The van der Waals surface area contributed by atoms with Crippen LogP contribution in [0.2, 0.25) is 0 Å². The molecule has 0 bridgehead atoms. The summed E-state index contributed by atoms with van der Waals surface area (Å²) in [5, 5.41) is 1.77. The molecular weight excluding hydrogens is 442 g/mol. The van der Waals surface area contributed by atoms with Crippen LogP contribution < -0.4 is 10.1 Å². The monoisotopic (exact) mass is 482 g/mol. The summed E-state index contributed by atoms with van der Waals surface area (Å²) < 4.78 is 37.1. The lowest BCUT2D eigenvalue weighted by atomic mass is 10.0. The predicted octanol–water partition coefficient (Wildman–Crippen LogP) is 0.751. The Balaban J connectivity index is 1.43. The van der Waals surface area contributed by atoms with Crippen molar-refractivity contribution >= 4 is 15.7 Å². The van der Waals surface area contributed by atoms with E-state index in [-0.39, 0.29) is 19.1 Å². The van der Waals surface area contributed by atoms with E-state index < -0.39 is 15.1 Å². The highest BCUT2D eigenvalue weighted by molar-refractivity contribution is 7.92. The van der Waals surface area contributed by atoms with Crippen molar-refractivity contribution in [3.63, 3.8) is 0 Å². The second kappa shape index (κ2) is 11.6. The molecule has 0 spiro atoms. The van der Waals surface area contributed by atoms with Gasteiger partial charge in [0, 0.05) is 51.7 Å². The van der Waals surface area contributed by atoms with E-state index in [0.717, 1.165) is 26.2 Å². The van der Waals surface area contributed by atoms with Crippen LogP contribution in [-0.4, -0.2) is 95.0 Å². The molecule has 2 aliphatic rings. The molecule has 3 rings (SSSR count). The van der Waals surface area contributed by atoms with E-state index in [2.05, 4.69) is 10.2 Å². The van der Waals surface area contributed by atoms with Crippen molar-refractivity contribution in [2.45, 2.75) is 56.2 Å². The van der Waals surface area contributed by atoms with Gasteiger partial charge in [0.2, 0.25) is 5.91 Å². The van der Waals surface area contributed by atoms with Crippen LogP contribution in [0.5, 0.6) is 5.75 Å². The third kappa shape index (κ3) is 6.47. The number of sulfone groups is 1. The zero-order valence-corrected chi connectivity index (χ0v) is 21.3. The minimum atomic E-state index is -3.50. The quantitative estimate of drug-likeness (QED) is 0.522. The highest BCUT2D eigenvalue weighted by atomic mass is 32.2. The summed E-state index contributed by atoms with van der Waals surface area (Å²) >= 11 is 0. The molecular formula is C24H40N3O5S+. The summed E-state index contributed by atoms with van der Waals surface area (Å²) in [5.74, 6) is 0.639. The number of hydrogen-bond donors (Lipinski definition) is 1. The Morgan fingerprint density at radius 3 is 2.30 bits per heavy atom. The van der Waals surface area contributed by atoms with Crippen molar-refractivity contribution < 1.29 is 28.0 Å². The smallest absolute Gasteiger partial charge is 0.248 e. The summed E-state index contributed by atoms with van der Waals surface area (Å²) in [4.78, 5) is 17.3. The first-order chi connectivity index (χ1) is 15.7. The number of rotatable bonds is 9. The summed E-state index contributed by atoms with van der Waals surface area (Å²) in [6.07, 6.45) is 2.80. The Kier molecular flexibility index (Phi) is 9.15. The average molecular weight is 483 g/mol. The van der Waals surface area contributed by atoms with E-state index in [0.29, 0.717) is 34.2 Å². The van der Waals surface area contributed by atoms with Gasteiger partial charge in [-0.1, -0.05) is 0 Å². The number of ether oxygens (including phenoxy) is 2. The van der Waals surface area contributed by atoms with Gasteiger partial charge in [0.15, 0.2) is 9.84 Å². The highest BCUT2D eigenvalue weighted by Crippen LogP contribution is 2.29. The van der Waals surface area contributed by atoms with Crippen LogP contribution in [0.4, 0.5) is 0 Å². The molecule has 2 heterocycles. The van der Waals surface area contributed by atoms with Crippen molar-refractivity contribution in [3.8, 4) is 5.75 Å². The molecule has 33 heavy (non-hydrogen) atoms. The number of quaternary nitrogens is 1. The number of piperidine rings is 1. The number of carbonyl (C=O) groups is 1. The summed E-state index contributed by atoms with van der Waals surface area (Å²) in [5.41, 5.74) is 1.36. The van der Waals surface area contributed by atoms with Crippen molar-refractivity contribution in [2.24, 2.45) is 0 Å². The average Bonchev–Trinajstić information content (AvgIpc) is 2.81. The molecule has 2 N–H and O–H groups in total. The first-order valence-corrected chi connectivity index (χ1v) is 13.6. The minimum absolute atomic E-state index is 0.00570. The van der Waals surface area contributed by atoms with Crippen LogP contribution in [0.25, 0.3) is 0 Å². The minimum Gasteiger partial charge on any atom is -0.497 e. The van der Waals surface area contributed by atoms with Gasteiger partial charge >= 0.3 is 0 Å². The molecule has 2 aliphatic heterocycles. The number of amides is 1. The Morgan fingerprint density at radius 1 is 1.12 bits per heavy atom. The van der Waals surface area contributed by atoms with Crippen LogP contribution >= 0.6 is 0 Å². The lowest BCUT2D eigenvalue weighted by molar-refractivity contribution is -0.664. The van der Waals surface area contributed by atoms with Crippen LogP contribution in [0.3, 0.4) is 0 Å². The first-order valence-electron chi connectivity index (χ1n) is 12.0. The molecule has 186 valence electrons. The Labute approximate surface area is 198 Å². The molecule has 1 unspecified atom stereocenters. The zero-order valence-electron chi connectivity index (χ0n) is 20.5. The van der Waals surface area contributed by atoms with Crippen LogP contribution in [0.1, 0.15) is 37.3 Å². The molecule has 0 aromatic heterocycles. The van der Waals surface area contributed by atoms with Crippen molar-refractivity contribution in [1.29, 1.82) is 0 Å². The van der Waals surface area contributed by atoms with Crippen LogP contribution in [0, 0.1) is 13.8 Å². The standard InChI is InChI=1S/C24H39N3O5S/c1-18-15-22(31-4)16-19(2)24(18)33(29,30)20(3)7-14-32-17-23(28)27-12-10-26(11-13-27)21-5-8-25-9-6-21/h15-16,20-21,25H,5-14,17H2,1-4H3/p+1. The maximum absolute atomic E-state index is 13.1. The molecule has 2 saturated heterocycles. The van der Waals surface area contributed by atoms with Gasteiger partial charge in [-0.2, -0.15) is 0 Å². The van der Waals surface area contributed by atoms with E-state index in [4.69, 9.17) is 9.47 Å². The molecule has 9 heteroatoms. The summed E-state index contributed by atoms with van der Waals surface area (Å²) in [7, 11) is -1.93. The normalized spacial score (nSPS) is 19.5. The predicted molar refractivity (Wildman–Crippen MR) is 127 cm³/mol. The lowest BCUT2D eigenvalue weighted by Gasteiger charge is -2.40. The molecule has 1 amide bonds. The Morgan fingerprint density at radius 2 is 1.73 bits per heavy atom. The van der Waals surface area contributed by atoms with Gasteiger partial charge in [0.1, 0.15) is 12.4 Å².